The molecule has 164 valence electrons. The SMILES string of the molecule is Oc1ccc2cc1OC1=CC(O)CCN1C(c1cccc(Cl)c1)c1cnc(s1)NC21CC1. The molecule has 8 heteroatoms. The lowest BCUT2D eigenvalue weighted by Crippen LogP contribution is -2.37. The molecule has 2 aromatic carbocycles. The van der Waals surface area contributed by atoms with Crippen molar-refractivity contribution in [2.24, 2.45) is 0 Å². The topological polar surface area (TPSA) is 77.8 Å². The summed E-state index contributed by atoms with van der Waals surface area (Å²) in [5.41, 5.74) is 1.86. The van der Waals surface area contributed by atoms with Crippen molar-refractivity contribution in [3.8, 4) is 11.5 Å². The third kappa shape index (κ3) is 3.41. The molecule has 1 aromatic heterocycles. The number of aliphatic hydroxyl groups is 1. The zero-order chi connectivity index (χ0) is 21.9. The van der Waals surface area contributed by atoms with Gasteiger partial charge in [-0.3, -0.25) is 0 Å². The highest BCUT2D eigenvalue weighted by Crippen LogP contribution is 2.51. The van der Waals surface area contributed by atoms with E-state index < -0.39 is 6.10 Å². The van der Waals surface area contributed by atoms with E-state index in [9.17, 15) is 10.2 Å². The molecule has 0 radical (unpaired) electrons. The van der Waals surface area contributed by atoms with Gasteiger partial charge in [0, 0.05) is 23.8 Å². The van der Waals surface area contributed by atoms with Gasteiger partial charge in [0.1, 0.15) is 0 Å². The first-order valence-electron chi connectivity index (χ1n) is 10.7. The normalized spacial score (nSPS) is 23.2. The number of fused-ring (bicyclic) bond motifs is 6. The van der Waals surface area contributed by atoms with Crippen molar-refractivity contribution in [3.63, 3.8) is 0 Å². The van der Waals surface area contributed by atoms with Crippen LogP contribution in [0.3, 0.4) is 0 Å². The number of aromatic hydroxyl groups is 1. The van der Waals surface area contributed by atoms with E-state index in [2.05, 4.69) is 10.2 Å². The van der Waals surface area contributed by atoms with Crippen LogP contribution in [-0.2, 0) is 5.54 Å². The van der Waals surface area contributed by atoms with Crippen molar-refractivity contribution >= 4 is 28.1 Å². The second kappa shape index (κ2) is 7.40. The fourth-order valence-electron chi connectivity index (χ4n) is 4.54. The summed E-state index contributed by atoms with van der Waals surface area (Å²) in [4.78, 5) is 7.85. The molecule has 2 aliphatic heterocycles. The van der Waals surface area contributed by atoms with Crippen molar-refractivity contribution in [2.45, 2.75) is 36.9 Å². The maximum absolute atomic E-state index is 10.5. The highest BCUT2D eigenvalue weighted by molar-refractivity contribution is 7.15. The van der Waals surface area contributed by atoms with E-state index in [1.165, 1.54) is 0 Å². The van der Waals surface area contributed by atoms with E-state index in [1.54, 1.807) is 23.5 Å². The Bertz CT molecular complexity index is 1220. The van der Waals surface area contributed by atoms with Gasteiger partial charge in [0.05, 0.1) is 22.6 Å². The second-order valence-corrected chi connectivity index (χ2v) is 10.1. The summed E-state index contributed by atoms with van der Waals surface area (Å²) < 4.78 is 6.28. The van der Waals surface area contributed by atoms with Crippen molar-refractivity contribution in [1.29, 1.82) is 0 Å². The Labute approximate surface area is 194 Å². The van der Waals surface area contributed by atoms with Crippen molar-refractivity contribution in [2.75, 3.05) is 11.9 Å². The monoisotopic (exact) mass is 467 g/mol. The van der Waals surface area contributed by atoms with Gasteiger partial charge in [-0.25, -0.2) is 4.98 Å². The van der Waals surface area contributed by atoms with E-state index in [0.29, 0.717) is 29.6 Å². The molecule has 1 aliphatic carbocycles. The molecule has 32 heavy (non-hydrogen) atoms. The van der Waals surface area contributed by atoms with Crippen molar-refractivity contribution in [1.82, 2.24) is 9.88 Å². The Morgan fingerprint density at radius 2 is 2.09 bits per heavy atom. The molecule has 6 rings (SSSR count). The lowest BCUT2D eigenvalue weighted by molar-refractivity contribution is 0.111. The summed E-state index contributed by atoms with van der Waals surface area (Å²) in [7, 11) is 0. The molecular formula is C24H22ClN3O3S. The van der Waals surface area contributed by atoms with Gasteiger partial charge in [-0.05, 0) is 54.7 Å². The molecule has 0 amide bonds. The maximum Gasteiger partial charge on any atom is 0.195 e. The Hall–Kier alpha value is -2.74. The number of nitrogens with zero attached hydrogens (tertiary/aromatic N) is 2. The fraction of sp³-hybridized carbons (Fsp3) is 0.292. The van der Waals surface area contributed by atoms with Crippen LogP contribution in [0.1, 0.15) is 41.3 Å². The Morgan fingerprint density at radius 3 is 2.91 bits per heavy atom. The van der Waals surface area contributed by atoms with Gasteiger partial charge in [-0.15, -0.1) is 0 Å². The van der Waals surface area contributed by atoms with Crippen LogP contribution in [0.5, 0.6) is 11.5 Å². The summed E-state index contributed by atoms with van der Waals surface area (Å²) in [6.45, 7) is 0.579. The number of ether oxygens (including phenoxy) is 1. The van der Waals surface area contributed by atoms with Crippen LogP contribution in [0.15, 0.2) is 60.6 Å². The third-order valence-electron chi connectivity index (χ3n) is 6.38. The van der Waals surface area contributed by atoms with Gasteiger partial charge in [0.25, 0.3) is 0 Å². The first-order chi connectivity index (χ1) is 15.5. The number of hydrogen-bond acceptors (Lipinski definition) is 7. The Kier molecular flexibility index (Phi) is 4.61. The number of hydrogen-bond donors (Lipinski definition) is 3. The van der Waals surface area contributed by atoms with Crippen LogP contribution in [0.2, 0.25) is 5.02 Å². The van der Waals surface area contributed by atoms with E-state index in [4.69, 9.17) is 21.3 Å². The fourth-order valence-corrected chi connectivity index (χ4v) is 5.80. The van der Waals surface area contributed by atoms with Crippen LogP contribution in [0.4, 0.5) is 5.13 Å². The van der Waals surface area contributed by atoms with Crippen molar-refractivity contribution < 1.29 is 14.9 Å². The molecular weight excluding hydrogens is 446 g/mol. The summed E-state index contributed by atoms with van der Waals surface area (Å²) >= 11 is 7.97. The van der Waals surface area contributed by atoms with Gasteiger partial charge < -0.3 is 25.2 Å². The first kappa shape index (κ1) is 19.9. The zero-order valence-corrected chi connectivity index (χ0v) is 18.7. The molecule has 3 N–H and O–H groups in total. The number of benzene rings is 2. The summed E-state index contributed by atoms with van der Waals surface area (Å²) in [5.74, 6) is 0.951. The van der Waals surface area contributed by atoms with Crippen LogP contribution < -0.4 is 10.1 Å². The predicted octanol–water partition coefficient (Wildman–Crippen LogP) is 4.99. The minimum Gasteiger partial charge on any atom is -0.504 e. The zero-order valence-electron chi connectivity index (χ0n) is 17.2. The average Bonchev–Trinajstić information content (AvgIpc) is 3.40. The first-order valence-corrected chi connectivity index (χ1v) is 11.9. The number of thiazole rings is 1. The standard InChI is InChI=1S/C24H22ClN3O3S/c25-16-3-1-2-14(10-16)22-20-13-26-23(32-20)27-24(7-8-24)15-4-5-18(30)19(11-15)31-21-12-17(29)6-9-28(21)22/h1-5,10-13,17,22,29-30H,6-9H2,(H,26,27). The van der Waals surface area contributed by atoms with Gasteiger partial charge >= 0.3 is 0 Å². The maximum atomic E-state index is 10.5. The van der Waals surface area contributed by atoms with Crippen LogP contribution in [0, 0.1) is 0 Å². The summed E-state index contributed by atoms with van der Waals surface area (Å²) in [6.07, 6.45) is 5.54. The molecule has 1 saturated carbocycles. The van der Waals surface area contributed by atoms with E-state index in [0.717, 1.165) is 34.0 Å². The highest BCUT2D eigenvalue weighted by atomic mass is 35.5. The predicted molar refractivity (Wildman–Crippen MR) is 124 cm³/mol. The number of phenolic OH excluding ortho intramolecular Hbond substituents is 1. The Morgan fingerprint density at radius 1 is 1.22 bits per heavy atom. The van der Waals surface area contributed by atoms with E-state index in [1.807, 2.05) is 42.6 Å². The van der Waals surface area contributed by atoms with Crippen LogP contribution in [-0.4, -0.2) is 32.7 Å². The lowest BCUT2D eigenvalue weighted by Gasteiger charge is -2.38. The summed E-state index contributed by atoms with van der Waals surface area (Å²) in [6, 6.07) is 13.1. The van der Waals surface area contributed by atoms with Gasteiger partial charge in [-0.1, -0.05) is 41.1 Å². The molecule has 1 fully saturated rings. The Balaban J connectivity index is 1.54. The number of anilines is 1. The van der Waals surface area contributed by atoms with Crippen LogP contribution in [0.25, 0.3) is 0 Å². The minimum absolute atomic E-state index is 0.0655. The molecule has 4 bridgehead atoms. The van der Waals surface area contributed by atoms with Crippen molar-refractivity contribution in [3.05, 3.63) is 81.6 Å². The molecule has 0 saturated heterocycles. The second-order valence-electron chi connectivity index (χ2n) is 8.57. The number of aliphatic hydroxyl groups excluding tert-OH is 1. The van der Waals surface area contributed by atoms with E-state index in [-0.39, 0.29) is 17.3 Å². The average molecular weight is 468 g/mol. The molecule has 2 unspecified atom stereocenters. The largest absolute Gasteiger partial charge is 0.504 e. The molecule has 1 spiro atoms. The number of aromatic nitrogens is 1. The van der Waals surface area contributed by atoms with Gasteiger partial charge in [0.15, 0.2) is 22.5 Å². The molecule has 6 nitrogen and oxygen atoms in total. The summed E-state index contributed by atoms with van der Waals surface area (Å²) in [5, 5.41) is 26.1. The lowest BCUT2D eigenvalue weighted by atomic mass is 10.0. The quantitative estimate of drug-likeness (QED) is 0.468. The smallest absolute Gasteiger partial charge is 0.195 e. The highest BCUT2D eigenvalue weighted by Gasteiger charge is 2.46. The number of phenols is 1. The molecule has 2 atom stereocenters. The number of nitrogens with one attached hydrogen (secondary N) is 1. The van der Waals surface area contributed by atoms with Gasteiger partial charge in [0.2, 0.25) is 0 Å². The van der Waals surface area contributed by atoms with Gasteiger partial charge in [-0.2, -0.15) is 0 Å². The third-order valence-corrected chi connectivity index (χ3v) is 7.58. The number of rotatable bonds is 1. The number of halogens is 1. The minimum atomic E-state index is -0.618. The van der Waals surface area contributed by atoms with Crippen LogP contribution >= 0.6 is 22.9 Å². The molecule has 3 aliphatic rings. The van der Waals surface area contributed by atoms with E-state index >= 15 is 0 Å². The molecule has 3 aromatic rings. The molecule has 3 heterocycles.